The number of hydrogen-bond acceptors (Lipinski definition) is 8. The number of aromatic nitrogens is 4. The predicted molar refractivity (Wildman–Crippen MR) is 273 cm³/mol. The van der Waals surface area contributed by atoms with E-state index in [2.05, 4.69) is 89.5 Å². The van der Waals surface area contributed by atoms with E-state index in [-0.39, 0.29) is 0 Å². The summed E-state index contributed by atoms with van der Waals surface area (Å²) >= 11 is 0. The number of hydrogen-bond donors (Lipinski definition) is 0. The molecule has 0 aliphatic heterocycles. The van der Waals surface area contributed by atoms with Gasteiger partial charge in [0.15, 0.2) is 17.5 Å². The number of nitriles is 4. The molecule has 0 bridgehead atoms. The lowest BCUT2D eigenvalue weighted by Gasteiger charge is -2.17. The summed E-state index contributed by atoms with van der Waals surface area (Å²) < 4.78 is 8.44. The molecule has 3 heterocycles. The Morgan fingerprint density at radius 3 is 1.31 bits per heavy atom. The Kier molecular flexibility index (Phi) is 9.82. The Morgan fingerprint density at radius 1 is 0.329 bits per heavy atom. The summed E-state index contributed by atoms with van der Waals surface area (Å²) in [7, 11) is 0. The molecule has 0 N–H and O–H groups in total. The highest BCUT2D eigenvalue weighted by Crippen LogP contribution is 2.42. The van der Waals surface area contributed by atoms with Gasteiger partial charge in [0, 0.05) is 38.2 Å². The monoisotopic (exact) mass is 892 g/mol. The molecule has 0 radical (unpaired) electrons. The Hall–Kier alpha value is -10.5. The fourth-order valence-electron chi connectivity index (χ4n) is 9.41. The zero-order chi connectivity index (χ0) is 47.3. The van der Waals surface area contributed by atoms with Crippen molar-refractivity contribution in [3.63, 3.8) is 0 Å². The van der Waals surface area contributed by atoms with Gasteiger partial charge in [0.1, 0.15) is 11.2 Å². The predicted octanol–water partition coefficient (Wildman–Crippen LogP) is 14.4. The van der Waals surface area contributed by atoms with Crippen molar-refractivity contribution in [1.82, 2.24) is 19.5 Å². The van der Waals surface area contributed by atoms with E-state index in [1.165, 1.54) is 0 Å². The number of fused-ring (bicyclic) bond motifs is 6. The van der Waals surface area contributed by atoms with Crippen molar-refractivity contribution < 1.29 is 4.42 Å². The van der Waals surface area contributed by atoms with Crippen molar-refractivity contribution in [3.05, 3.63) is 216 Å². The van der Waals surface area contributed by atoms with Gasteiger partial charge in [0.05, 0.1) is 63.3 Å². The molecule has 12 aromatic rings. The SMILES string of the molecule is N#Cc1cc(C#N)cc(-c2ccc3c4ccc(-c5cc(C#N)cc(C#N)c5)cc4n(-c4ccc(-c5ccc6oc7ccccc7c6c5)cc4-c4nc(-c5ccccc5)nc(-c5ccccc5)n4)c3c2)c1. The van der Waals surface area contributed by atoms with E-state index in [0.717, 1.165) is 99.5 Å². The molecule has 0 amide bonds. The van der Waals surface area contributed by atoms with Crippen molar-refractivity contribution in [2.75, 3.05) is 0 Å². The van der Waals surface area contributed by atoms with E-state index in [0.29, 0.717) is 39.7 Å². The minimum absolute atomic E-state index is 0.383. The van der Waals surface area contributed by atoms with Crippen molar-refractivity contribution >= 4 is 43.7 Å². The van der Waals surface area contributed by atoms with E-state index in [1.54, 1.807) is 36.4 Å². The number of rotatable bonds is 7. The number of para-hydroxylation sites is 1. The second-order valence-corrected chi connectivity index (χ2v) is 16.9. The maximum atomic E-state index is 9.97. The second-order valence-electron chi connectivity index (χ2n) is 16.9. The van der Waals surface area contributed by atoms with Gasteiger partial charge < -0.3 is 8.98 Å². The van der Waals surface area contributed by atoms with Crippen LogP contribution in [0, 0.1) is 45.3 Å². The molecule has 12 rings (SSSR count). The summed E-state index contributed by atoms with van der Waals surface area (Å²) in [5.41, 5.74) is 12.9. The van der Waals surface area contributed by atoms with Crippen LogP contribution in [0.15, 0.2) is 199 Å². The van der Waals surface area contributed by atoms with Crippen LogP contribution < -0.4 is 0 Å². The molecular weight excluding hydrogens is 861 g/mol. The van der Waals surface area contributed by atoms with E-state index in [9.17, 15) is 21.0 Å². The van der Waals surface area contributed by atoms with Crippen molar-refractivity contribution in [3.8, 4) is 97.5 Å². The fourth-order valence-corrected chi connectivity index (χ4v) is 9.41. The second kappa shape index (κ2) is 16.8. The third kappa shape index (κ3) is 7.14. The van der Waals surface area contributed by atoms with Gasteiger partial charge in [-0.15, -0.1) is 0 Å². The third-order valence-corrected chi connectivity index (χ3v) is 12.7. The largest absolute Gasteiger partial charge is 0.456 e. The first-order valence-corrected chi connectivity index (χ1v) is 22.4. The van der Waals surface area contributed by atoms with Crippen LogP contribution in [0.25, 0.3) is 117 Å². The lowest BCUT2D eigenvalue weighted by atomic mass is 9.98. The first kappa shape index (κ1) is 41.0. The topological polar surface area (TPSA) is 152 Å². The molecule has 0 atom stereocenters. The highest BCUT2D eigenvalue weighted by atomic mass is 16.3. The summed E-state index contributed by atoms with van der Waals surface area (Å²) in [6, 6.07) is 71.9. The maximum absolute atomic E-state index is 9.97. The maximum Gasteiger partial charge on any atom is 0.166 e. The van der Waals surface area contributed by atoms with Crippen molar-refractivity contribution in [2.45, 2.75) is 0 Å². The fraction of sp³-hybridized carbons (Fsp3) is 0. The molecule has 3 aromatic heterocycles. The summed E-state index contributed by atoms with van der Waals surface area (Å²) in [6.07, 6.45) is 0. The molecule has 0 spiro atoms. The number of nitrogens with zero attached hydrogens (tertiary/aromatic N) is 8. The smallest absolute Gasteiger partial charge is 0.166 e. The number of benzene rings is 9. The Balaban J connectivity index is 1.18. The van der Waals surface area contributed by atoms with Crippen LogP contribution in [0.1, 0.15) is 22.3 Å². The average Bonchev–Trinajstić information content (AvgIpc) is 3.97. The van der Waals surface area contributed by atoms with Crippen LogP contribution in [-0.4, -0.2) is 19.5 Å². The zero-order valence-electron chi connectivity index (χ0n) is 37.0. The first-order chi connectivity index (χ1) is 34.4. The minimum atomic E-state index is 0.383. The van der Waals surface area contributed by atoms with Gasteiger partial charge in [-0.3, -0.25) is 0 Å². The van der Waals surface area contributed by atoms with E-state index >= 15 is 0 Å². The van der Waals surface area contributed by atoms with Gasteiger partial charge in [0.25, 0.3) is 0 Å². The average molecular weight is 893 g/mol. The lowest BCUT2D eigenvalue weighted by molar-refractivity contribution is 0.669. The molecule has 0 saturated heterocycles. The highest BCUT2D eigenvalue weighted by molar-refractivity contribution is 6.12. The van der Waals surface area contributed by atoms with Crippen LogP contribution in [-0.2, 0) is 0 Å². The Labute approximate surface area is 400 Å². The van der Waals surface area contributed by atoms with Gasteiger partial charge in [0.2, 0.25) is 0 Å². The van der Waals surface area contributed by atoms with E-state index in [4.69, 9.17) is 19.4 Å². The lowest BCUT2D eigenvalue weighted by Crippen LogP contribution is -2.04. The molecule has 0 saturated carbocycles. The summed E-state index contributed by atoms with van der Waals surface area (Å²) in [6.45, 7) is 0. The van der Waals surface area contributed by atoms with Crippen LogP contribution in [0.3, 0.4) is 0 Å². The van der Waals surface area contributed by atoms with Gasteiger partial charge in [-0.1, -0.05) is 115 Å². The third-order valence-electron chi connectivity index (χ3n) is 12.7. The molecule has 9 heteroatoms. The molecule has 0 fully saturated rings. The van der Waals surface area contributed by atoms with Gasteiger partial charge in [-0.2, -0.15) is 21.0 Å². The van der Waals surface area contributed by atoms with Crippen molar-refractivity contribution in [1.29, 1.82) is 21.0 Å². The molecular formula is C61H32N8O. The van der Waals surface area contributed by atoms with E-state index < -0.39 is 0 Å². The zero-order valence-corrected chi connectivity index (χ0v) is 37.0. The standard InChI is InChI=1S/C61H32N8O/c62-33-37-23-38(34-63)26-47(25-37)45-15-19-49-50-20-16-46(48-27-39(35-64)24-40(28-48)36-65)32-56(50)69(55(49)31-45)54-21-17-43(44-18-22-58-52(29-44)51-13-7-8-14-57(51)70-58)30-53(54)61-67-59(41-9-3-1-4-10-41)66-60(68-61)42-11-5-2-6-12-42/h1-32H. The molecule has 70 heavy (non-hydrogen) atoms. The molecule has 0 aliphatic rings. The Bertz CT molecular complexity index is 4040. The summed E-state index contributed by atoms with van der Waals surface area (Å²) in [5.74, 6) is 1.47. The molecule has 9 aromatic carbocycles. The quantitative estimate of drug-likeness (QED) is 0.153. The Morgan fingerprint density at radius 2 is 0.771 bits per heavy atom. The van der Waals surface area contributed by atoms with E-state index in [1.807, 2.05) is 97.1 Å². The van der Waals surface area contributed by atoms with Crippen LogP contribution >= 0.6 is 0 Å². The van der Waals surface area contributed by atoms with Crippen molar-refractivity contribution in [2.24, 2.45) is 0 Å². The molecule has 9 nitrogen and oxygen atoms in total. The first-order valence-electron chi connectivity index (χ1n) is 22.4. The molecule has 322 valence electrons. The van der Waals surface area contributed by atoms with Crippen LogP contribution in [0.2, 0.25) is 0 Å². The normalized spacial score (nSPS) is 11.1. The van der Waals surface area contributed by atoms with Gasteiger partial charge >= 0.3 is 0 Å². The summed E-state index contributed by atoms with van der Waals surface area (Å²) in [5, 5.41) is 43.8. The van der Waals surface area contributed by atoms with Gasteiger partial charge in [-0.05, 0) is 112 Å². The molecule has 0 aliphatic carbocycles. The highest BCUT2D eigenvalue weighted by Gasteiger charge is 2.22. The van der Waals surface area contributed by atoms with Gasteiger partial charge in [-0.25, -0.2) is 15.0 Å². The van der Waals surface area contributed by atoms with Crippen LogP contribution in [0.4, 0.5) is 0 Å². The minimum Gasteiger partial charge on any atom is -0.456 e. The number of furan rings is 1. The molecule has 0 unspecified atom stereocenters. The van der Waals surface area contributed by atoms with Crippen LogP contribution in [0.5, 0.6) is 0 Å². The summed E-state index contributed by atoms with van der Waals surface area (Å²) in [4.78, 5) is 15.6.